The van der Waals surface area contributed by atoms with Crippen LogP contribution in [-0.2, 0) is 33.8 Å². The van der Waals surface area contributed by atoms with Crippen LogP contribution < -0.4 is 11.0 Å². The van der Waals surface area contributed by atoms with E-state index in [9.17, 15) is 19.5 Å². The molecule has 8 heteroatoms. The van der Waals surface area contributed by atoms with Crippen LogP contribution in [0.2, 0.25) is 0 Å². The summed E-state index contributed by atoms with van der Waals surface area (Å²) in [5.74, 6) is -2.21. The van der Waals surface area contributed by atoms with E-state index in [2.05, 4.69) is 0 Å². The van der Waals surface area contributed by atoms with Crippen molar-refractivity contribution in [3.8, 4) is 5.75 Å². The van der Waals surface area contributed by atoms with E-state index in [1.165, 1.54) is 14.2 Å². The molecule has 0 amide bonds. The highest BCUT2D eigenvalue weighted by molar-refractivity contribution is 5.84. The van der Waals surface area contributed by atoms with Gasteiger partial charge in [0, 0.05) is 25.3 Å². The number of esters is 1. The second-order valence-corrected chi connectivity index (χ2v) is 7.22. The van der Waals surface area contributed by atoms with Gasteiger partial charge in [-0.05, 0) is 23.4 Å². The van der Waals surface area contributed by atoms with Crippen molar-refractivity contribution in [1.82, 2.24) is 4.57 Å². The smallest absolute Gasteiger partial charge is 0.306 e. The van der Waals surface area contributed by atoms with Crippen LogP contribution in [0.25, 0.3) is 10.9 Å². The largest absolute Gasteiger partial charge is 0.502 e. The molecule has 3 heterocycles. The van der Waals surface area contributed by atoms with Gasteiger partial charge >= 0.3 is 5.97 Å². The standard InChI is InChI=1S/C22H21NO7/c1-28-11-14-9-17(24)20(26)21(30-14)15(10-18(25)29-2)16-8-13-5-3-4-12-6-7-23(19(12)13)22(16)27/h3-5,8-9,15,26H,6-7,10-11H2,1-2H3/t15-/m1/s1. The lowest BCUT2D eigenvalue weighted by molar-refractivity contribution is -0.140. The van der Waals surface area contributed by atoms with E-state index in [1.807, 2.05) is 18.2 Å². The number of hydrogen-bond acceptors (Lipinski definition) is 7. The zero-order chi connectivity index (χ0) is 21.4. The van der Waals surface area contributed by atoms with Gasteiger partial charge in [-0.15, -0.1) is 0 Å². The Labute approximate surface area is 171 Å². The first-order valence-corrected chi connectivity index (χ1v) is 9.51. The third kappa shape index (κ3) is 3.29. The number of benzene rings is 1. The summed E-state index contributed by atoms with van der Waals surface area (Å²) >= 11 is 0. The molecule has 0 fully saturated rings. The molecule has 156 valence electrons. The first-order chi connectivity index (χ1) is 14.4. The van der Waals surface area contributed by atoms with E-state index in [4.69, 9.17) is 13.9 Å². The normalized spacial score (nSPS) is 13.5. The molecule has 1 atom stereocenters. The molecule has 0 spiro atoms. The number of hydrogen-bond donors (Lipinski definition) is 1. The summed E-state index contributed by atoms with van der Waals surface area (Å²) in [6.07, 6.45) is 0.464. The van der Waals surface area contributed by atoms with E-state index in [-0.39, 0.29) is 35.7 Å². The number of carbonyl (C=O) groups excluding carboxylic acids is 1. The van der Waals surface area contributed by atoms with Crippen LogP contribution in [0.1, 0.15) is 35.0 Å². The Balaban J connectivity index is 1.97. The minimum atomic E-state index is -0.994. The maximum Gasteiger partial charge on any atom is 0.306 e. The third-order valence-corrected chi connectivity index (χ3v) is 5.41. The van der Waals surface area contributed by atoms with E-state index in [1.54, 1.807) is 10.6 Å². The molecule has 8 nitrogen and oxygen atoms in total. The maximum absolute atomic E-state index is 13.3. The number of rotatable bonds is 6. The molecular weight excluding hydrogens is 390 g/mol. The van der Waals surface area contributed by atoms with Gasteiger partial charge in [-0.1, -0.05) is 18.2 Å². The minimum Gasteiger partial charge on any atom is -0.502 e. The highest BCUT2D eigenvalue weighted by Crippen LogP contribution is 2.34. The average molecular weight is 411 g/mol. The molecule has 3 aromatic rings. The number of nitrogens with zero attached hydrogens (tertiary/aromatic N) is 1. The van der Waals surface area contributed by atoms with E-state index in [0.717, 1.165) is 29.0 Å². The molecule has 0 saturated carbocycles. The maximum atomic E-state index is 13.3. The Morgan fingerprint density at radius 3 is 2.80 bits per heavy atom. The van der Waals surface area contributed by atoms with Gasteiger partial charge in [0.1, 0.15) is 12.4 Å². The van der Waals surface area contributed by atoms with Gasteiger partial charge in [0.25, 0.3) is 5.56 Å². The topological polar surface area (TPSA) is 108 Å². The average Bonchev–Trinajstić information content (AvgIpc) is 3.17. The van der Waals surface area contributed by atoms with Crippen LogP contribution >= 0.6 is 0 Å². The van der Waals surface area contributed by atoms with Crippen molar-refractivity contribution in [3.05, 3.63) is 73.6 Å². The van der Waals surface area contributed by atoms with Crippen LogP contribution in [0.5, 0.6) is 5.75 Å². The highest BCUT2D eigenvalue weighted by atomic mass is 16.5. The summed E-state index contributed by atoms with van der Waals surface area (Å²) in [5, 5.41) is 11.3. The summed E-state index contributed by atoms with van der Waals surface area (Å²) in [4.78, 5) is 37.8. The summed E-state index contributed by atoms with van der Waals surface area (Å²) < 4.78 is 17.2. The van der Waals surface area contributed by atoms with Gasteiger partial charge in [-0.3, -0.25) is 14.4 Å². The molecular formula is C22H21NO7. The molecule has 1 aliphatic heterocycles. The SMILES string of the molecule is COCc1cc(=O)c(O)c([C@H](CC(=O)OC)c2cc3cccc4c3n(c2=O)CC4)o1. The monoisotopic (exact) mass is 411 g/mol. The van der Waals surface area contributed by atoms with Crippen LogP contribution in [-0.4, -0.2) is 29.9 Å². The van der Waals surface area contributed by atoms with E-state index >= 15 is 0 Å². The number of ether oxygens (including phenoxy) is 2. The van der Waals surface area contributed by atoms with Gasteiger partial charge in [-0.2, -0.15) is 0 Å². The van der Waals surface area contributed by atoms with Crippen molar-refractivity contribution < 1.29 is 23.8 Å². The molecule has 30 heavy (non-hydrogen) atoms. The molecule has 0 bridgehead atoms. The van der Waals surface area contributed by atoms with Gasteiger partial charge in [0.05, 0.1) is 25.0 Å². The Morgan fingerprint density at radius 1 is 1.27 bits per heavy atom. The second-order valence-electron chi connectivity index (χ2n) is 7.22. The zero-order valence-electron chi connectivity index (χ0n) is 16.6. The highest BCUT2D eigenvalue weighted by Gasteiger charge is 2.30. The van der Waals surface area contributed by atoms with Crippen molar-refractivity contribution in [2.24, 2.45) is 0 Å². The molecule has 0 aliphatic carbocycles. The molecule has 2 aromatic heterocycles. The molecule has 4 rings (SSSR count). The van der Waals surface area contributed by atoms with Crippen molar-refractivity contribution in [2.45, 2.75) is 31.9 Å². The molecule has 0 radical (unpaired) electrons. The first-order valence-electron chi connectivity index (χ1n) is 9.51. The van der Waals surface area contributed by atoms with Gasteiger partial charge in [-0.25, -0.2) is 0 Å². The lowest BCUT2D eigenvalue weighted by atomic mass is 9.92. The molecule has 0 saturated heterocycles. The molecule has 1 N–H and O–H groups in total. The Kier molecular flexibility index (Phi) is 5.17. The molecule has 1 aromatic carbocycles. The van der Waals surface area contributed by atoms with Crippen molar-refractivity contribution in [2.75, 3.05) is 14.2 Å². The predicted molar refractivity (Wildman–Crippen MR) is 108 cm³/mol. The van der Waals surface area contributed by atoms with Crippen LogP contribution in [0.4, 0.5) is 0 Å². The predicted octanol–water partition coefficient (Wildman–Crippen LogP) is 2.06. The summed E-state index contributed by atoms with van der Waals surface area (Å²) in [5.41, 5.74) is 1.23. The lowest BCUT2D eigenvalue weighted by Gasteiger charge is -2.18. The second kappa shape index (κ2) is 7.79. The number of aryl methyl sites for hydroxylation is 2. The van der Waals surface area contributed by atoms with Crippen molar-refractivity contribution in [1.29, 1.82) is 0 Å². The summed E-state index contributed by atoms with van der Waals surface area (Å²) in [7, 11) is 2.67. The summed E-state index contributed by atoms with van der Waals surface area (Å²) in [6, 6.07) is 8.59. The fraction of sp³-hybridized carbons (Fsp3) is 0.318. The fourth-order valence-corrected chi connectivity index (χ4v) is 4.04. The van der Waals surface area contributed by atoms with Crippen LogP contribution in [0, 0.1) is 0 Å². The summed E-state index contributed by atoms with van der Waals surface area (Å²) in [6.45, 7) is 0.520. The number of para-hydroxylation sites is 1. The quantitative estimate of drug-likeness (QED) is 0.619. The first kappa shape index (κ1) is 19.9. The number of aromatic nitrogens is 1. The Hall–Kier alpha value is -3.39. The number of pyridine rings is 1. The zero-order valence-corrected chi connectivity index (χ0v) is 16.6. The van der Waals surface area contributed by atoms with E-state index in [0.29, 0.717) is 6.54 Å². The minimum absolute atomic E-state index is 0.00121. The van der Waals surface area contributed by atoms with Gasteiger partial charge in [0.2, 0.25) is 11.2 Å². The van der Waals surface area contributed by atoms with Gasteiger partial charge in [0.15, 0.2) is 5.76 Å². The Bertz CT molecular complexity index is 1250. The lowest BCUT2D eigenvalue weighted by Crippen LogP contribution is -2.26. The number of aromatic hydroxyl groups is 1. The van der Waals surface area contributed by atoms with Gasteiger partial charge < -0.3 is 23.6 Å². The third-order valence-electron chi connectivity index (χ3n) is 5.41. The van der Waals surface area contributed by atoms with E-state index < -0.39 is 23.1 Å². The molecule has 0 unspecified atom stereocenters. The number of carbonyl (C=O) groups is 1. The number of methoxy groups -OCH3 is 2. The van der Waals surface area contributed by atoms with Crippen molar-refractivity contribution >= 4 is 16.9 Å². The molecule has 1 aliphatic rings. The van der Waals surface area contributed by atoms with Crippen molar-refractivity contribution in [3.63, 3.8) is 0 Å². The Morgan fingerprint density at radius 2 is 2.07 bits per heavy atom. The van der Waals surface area contributed by atoms with Crippen LogP contribution in [0.3, 0.4) is 0 Å². The fourth-order valence-electron chi connectivity index (χ4n) is 4.04. The van der Waals surface area contributed by atoms with Crippen LogP contribution in [0.15, 0.2) is 44.3 Å².